The zero-order valence-electron chi connectivity index (χ0n) is 11.5. The number of rotatable bonds is 6. The number of aliphatic hydroxyl groups is 1. The molecule has 1 aliphatic heterocycles. The van der Waals surface area contributed by atoms with E-state index < -0.39 is 17.6 Å². The molecule has 0 spiro atoms. The zero-order chi connectivity index (χ0) is 15.4. The molecule has 1 aliphatic rings. The van der Waals surface area contributed by atoms with E-state index in [1.807, 2.05) is 6.92 Å². The highest BCUT2D eigenvalue weighted by atomic mass is 19.1. The molecule has 7 heteroatoms. The van der Waals surface area contributed by atoms with E-state index in [1.54, 1.807) is 6.07 Å². The second-order valence-electron chi connectivity index (χ2n) is 4.42. The van der Waals surface area contributed by atoms with Crippen molar-refractivity contribution in [2.75, 3.05) is 30.3 Å². The van der Waals surface area contributed by atoms with Crippen LogP contribution in [0.4, 0.5) is 15.8 Å². The van der Waals surface area contributed by atoms with Gasteiger partial charge in [0.15, 0.2) is 0 Å². The van der Waals surface area contributed by atoms with Crippen LogP contribution in [-0.4, -0.2) is 41.5 Å². The Hall–Kier alpha value is -2.41. The number of carbonyl (C=O) groups excluding carboxylic acids is 2. The lowest BCUT2D eigenvalue weighted by Gasteiger charge is -2.15. The van der Waals surface area contributed by atoms with Crippen LogP contribution in [0.15, 0.2) is 30.0 Å². The molecule has 0 saturated carbocycles. The highest BCUT2D eigenvalue weighted by molar-refractivity contribution is 6.17. The predicted molar refractivity (Wildman–Crippen MR) is 76.1 cm³/mol. The number of aliphatic hydroxyl groups excluding tert-OH is 1. The van der Waals surface area contributed by atoms with Crippen molar-refractivity contribution >= 4 is 23.2 Å². The van der Waals surface area contributed by atoms with E-state index in [9.17, 15) is 14.0 Å². The Morgan fingerprint density at radius 3 is 2.71 bits per heavy atom. The summed E-state index contributed by atoms with van der Waals surface area (Å²) in [7, 11) is 0. The second kappa shape index (κ2) is 6.36. The zero-order valence-corrected chi connectivity index (χ0v) is 11.5. The van der Waals surface area contributed by atoms with Gasteiger partial charge in [0.1, 0.15) is 11.5 Å². The third-order valence-electron chi connectivity index (χ3n) is 2.95. The second-order valence-corrected chi connectivity index (χ2v) is 4.42. The first-order valence-electron chi connectivity index (χ1n) is 6.55. The minimum absolute atomic E-state index is 0.0539. The molecule has 0 bridgehead atoms. The van der Waals surface area contributed by atoms with Gasteiger partial charge in [-0.25, -0.2) is 4.39 Å². The molecule has 2 rings (SSSR count). The Morgan fingerprint density at radius 2 is 2.05 bits per heavy atom. The molecule has 1 heterocycles. The van der Waals surface area contributed by atoms with Crippen LogP contribution in [0.2, 0.25) is 0 Å². The van der Waals surface area contributed by atoms with Crippen LogP contribution in [0.1, 0.15) is 6.92 Å². The van der Waals surface area contributed by atoms with E-state index >= 15 is 0 Å². The van der Waals surface area contributed by atoms with Gasteiger partial charge in [-0.05, 0) is 25.1 Å². The number of β-amino-alcohol motifs (C(OH)–C–C–N with tert-alkyl or cyclic N) is 1. The van der Waals surface area contributed by atoms with Crippen LogP contribution in [0.3, 0.4) is 0 Å². The molecule has 0 fully saturated rings. The normalized spacial score (nSPS) is 14.4. The first kappa shape index (κ1) is 15.0. The first-order chi connectivity index (χ1) is 10.1. The Balaban J connectivity index is 2.22. The van der Waals surface area contributed by atoms with Crippen LogP contribution in [0, 0.1) is 5.82 Å². The first-order valence-corrected chi connectivity index (χ1v) is 6.55. The summed E-state index contributed by atoms with van der Waals surface area (Å²) in [5.74, 6) is -1.50. The fourth-order valence-corrected chi connectivity index (χ4v) is 2.02. The van der Waals surface area contributed by atoms with E-state index in [4.69, 9.17) is 5.11 Å². The van der Waals surface area contributed by atoms with Crippen molar-refractivity contribution in [3.8, 4) is 0 Å². The fourth-order valence-electron chi connectivity index (χ4n) is 2.02. The Labute approximate surface area is 121 Å². The van der Waals surface area contributed by atoms with E-state index in [0.29, 0.717) is 17.9 Å². The highest BCUT2D eigenvalue weighted by Gasteiger charge is 2.30. The Morgan fingerprint density at radius 1 is 1.29 bits per heavy atom. The van der Waals surface area contributed by atoms with E-state index in [2.05, 4.69) is 10.6 Å². The average Bonchev–Trinajstić information content (AvgIpc) is 2.70. The van der Waals surface area contributed by atoms with E-state index in [1.165, 1.54) is 12.1 Å². The summed E-state index contributed by atoms with van der Waals surface area (Å²) in [5.41, 5.74) is 1.05. The number of anilines is 2. The summed E-state index contributed by atoms with van der Waals surface area (Å²) in [6, 6.07) is 4.09. The maximum Gasteiger partial charge on any atom is 0.277 e. The molecule has 0 radical (unpaired) electrons. The van der Waals surface area contributed by atoms with Crippen LogP contribution in [-0.2, 0) is 9.59 Å². The smallest absolute Gasteiger partial charge is 0.277 e. The number of amides is 2. The quantitative estimate of drug-likeness (QED) is 0.679. The lowest BCUT2D eigenvalue weighted by atomic mass is 10.2. The standard InChI is InChI=1S/C14H16FN3O3/c1-2-16-10-4-3-9(15)7-11(10)17-12-8-13(20)18(5-6-19)14(12)21/h3-4,7-8,16-17,19H,2,5-6H2,1H3. The van der Waals surface area contributed by atoms with Crippen LogP contribution in [0.25, 0.3) is 0 Å². The molecule has 0 unspecified atom stereocenters. The Kier molecular flexibility index (Phi) is 4.54. The molecule has 112 valence electrons. The van der Waals surface area contributed by atoms with E-state index in [-0.39, 0.29) is 18.8 Å². The van der Waals surface area contributed by atoms with Crippen molar-refractivity contribution in [2.24, 2.45) is 0 Å². The van der Waals surface area contributed by atoms with Gasteiger partial charge in [0.25, 0.3) is 11.8 Å². The van der Waals surface area contributed by atoms with Gasteiger partial charge in [-0.1, -0.05) is 0 Å². The van der Waals surface area contributed by atoms with Gasteiger partial charge >= 0.3 is 0 Å². The van der Waals surface area contributed by atoms with Gasteiger partial charge in [0, 0.05) is 12.6 Å². The molecule has 0 saturated heterocycles. The number of hydrogen-bond acceptors (Lipinski definition) is 5. The largest absolute Gasteiger partial charge is 0.395 e. The maximum absolute atomic E-state index is 13.4. The number of halogens is 1. The van der Waals surface area contributed by atoms with Gasteiger partial charge in [-0.2, -0.15) is 0 Å². The minimum Gasteiger partial charge on any atom is -0.395 e. The van der Waals surface area contributed by atoms with Gasteiger partial charge in [0.2, 0.25) is 0 Å². The van der Waals surface area contributed by atoms with Crippen molar-refractivity contribution in [3.05, 3.63) is 35.8 Å². The summed E-state index contributed by atoms with van der Waals surface area (Å²) in [5, 5.41) is 14.6. The molecule has 0 aliphatic carbocycles. The summed E-state index contributed by atoms with van der Waals surface area (Å²) in [6.07, 6.45) is 1.14. The fraction of sp³-hybridized carbons (Fsp3) is 0.286. The molecular formula is C14H16FN3O3. The van der Waals surface area contributed by atoms with Crippen LogP contribution < -0.4 is 10.6 Å². The molecule has 3 N–H and O–H groups in total. The van der Waals surface area contributed by atoms with Gasteiger partial charge in [0.05, 0.1) is 24.5 Å². The third kappa shape index (κ3) is 3.19. The number of nitrogens with one attached hydrogen (secondary N) is 2. The minimum atomic E-state index is -0.541. The third-order valence-corrected chi connectivity index (χ3v) is 2.95. The SMILES string of the molecule is CCNc1ccc(F)cc1NC1=CC(=O)N(CCO)C1=O. The number of carbonyl (C=O) groups is 2. The molecule has 21 heavy (non-hydrogen) atoms. The molecule has 0 aromatic heterocycles. The van der Waals surface area contributed by atoms with Crippen LogP contribution in [0.5, 0.6) is 0 Å². The lowest BCUT2D eigenvalue weighted by Crippen LogP contribution is -2.34. The van der Waals surface area contributed by atoms with Crippen LogP contribution >= 0.6 is 0 Å². The van der Waals surface area contributed by atoms with Gasteiger partial charge < -0.3 is 15.7 Å². The molecule has 2 amide bonds. The number of imide groups is 1. The lowest BCUT2D eigenvalue weighted by molar-refractivity contribution is -0.137. The van der Waals surface area contributed by atoms with Crippen molar-refractivity contribution in [2.45, 2.75) is 6.92 Å². The summed E-state index contributed by atoms with van der Waals surface area (Å²) < 4.78 is 13.4. The number of hydrogen-bond donors (Lipinski definition) is 3. The average molecular weight is 293 g/mol. The number of benzene rings is 1. The number of nitrogens with zero attached hydrogens (tertiary/aromatic N) is 1. The molecule has 1 aromatic carbocycles. The molecular weight excluding hydrogens is 277 g/mol. The van der Waals surface area contributed by atoms with Crippen molar-refractivity contribution < 1.29 is 19.1 Å². The van der Waals surface area contributed by atoms with Crippen molar-refractivity contribution in [1.82, 2.24) is 4.90 Å². The van der Waals surface area contributed by atoms with E-state index in [0.717, 1.165) is 11.0 Å². The highest BCUT2D eigenvalue weighted by Crippen LogP contribution is 2.26. The Bertz CT molecular complexity index is 601. The predicted octanol–water partition coefficient (Wildman–Crippen LogP) is 0.914. The topological polar surface area (TPSA) is 81.7 Å². The monoisotopic (exact) mass is 293 g/mol. The molecule has 6 nitrogen and oxygen atoms in total. The van der Waals surface area contributed by atoms with Gasteiger partial charge in [-0.15, -0.1) is 0 Å². The molecule has 1 aromatic rings. The van der Waals surface area contributed by atoms with Crippen molar-refractivity contribution in [1.29, 1.82) is 0 Å². The summed E-state index contributed by atoms with van der Waals surface area (Å²) >= 11 is 0. The summed E-state index contributed by atoms with van der Waals surface area (Å²) in [4.78, 5) is 24.6. The molecule has 0 atom stereocenters. The maximum atomic E-state index is 13.4. The van der Waals surface area contributed by atoms with Gasteiger partial charge in [-0.3, -0.25) is 14.5 Å². The summed E-state index contributed by atoms with van der Waals surface area (Å²) in [6.45, 7) is 2.15. The van der Waals surface area contributed by atoms with Crippen molar-refractivity contribution in [3.63, 3.8) is 0 Å².